The first-order valence-corrected chi connectivity index (χ1v) is 6.55. The van der Waals surface area contributed by atoms with Gasteiger partial charge in [0.1, 0.15) is 17.6 Å². The number of rotatable bonds is 6. The van der Waals surface area contributed by atoms with Gasteiger partial charge in [-0.15, -0.1) is 0 Å². The topological polar surface area (TPSA) is 39.7 Å². The largest absolute Gasteiger partial charge is 0.497 e. The highest BCUT2D eigenvalue weighted by molar-refractivity contribution is 5.40. The van der Waals surface area contributed by atoms with Gasteiger partial charge in [-0.1, -0.05) is 6.07 Å². The Morgan fingerprint density at radius 3 is 2.89 bits per heavy atom. The van der Waals surface area contributed by atoms with Gasteiger partial charge in [-0.3, -0.25) is 0 Å². The fraction of sp³-hybridized carbons (Fsp3) is 0.467. The molecule has 1 unspecified atom stereocenters. The molecule has 1 atom stereocenters. The number of nitrogens with one attached hydrogen (secondary N) is 1. The van der Waals surface area contributed by atoms with Crippen molar-refractivity contribution < 1.29 is 14.2 Å². The van der Waals surface area contributed by atoms with E-state index in [0.29, 0.717) is 0 Å². The fourth-order valence-corrected chi connectivity index (χ4v) is 2.10. The first-order chi connectivity index (χ1) is 9.33. The van der Waals surface area contributed by atoms with Crippen LogP contribution in [0.25, 0.3) is 0 Å². The summed E-state index contributed by atoms with van der Waals surface area (Å²) in [6, 6.07) is 5.86. The summed E-state index contributed by atoms with van der Waals surface area (Å²) < 4.78 is 16.1. The molecule has 0 saturated carbocycles. The second-order valence-electron chi connectivity index (χ2n) is 4.52. The molecule has 0 aliphatic carbocycles. The molecule has 0 spiro atoms. The van der Waals surface area contributed by atoms with E-state index in [0.717, 1.165) is 43.0 Å². The minimum Gasteiger partial charge on any atom is -0.497 e. The van der Waals surface area contributed by atoms with Crippen molar-refractivity contribution in [3.05, 3.63) is 36.1 Å². The van der Waals surface area contributed by atoms with E-state index in [2.05, 4.69) is 11.4 Å². The Morgan fingerprint density at radius 1 is 1.32 bits per heavy atom. The van der Waals surface area contributed by atoms with Crippen LogP contribution >= 0.6 is 0 Å². The number of methoxy groups -OCH3 is 2. The van der Waals surface area contributed by atoms with Crippen molar-refractivity contribution in [3.63, 3.8) is 0 Å². The van der Waals surface area contributed by atoms with Crippen molar-refractivity contribution in [3.8, 4) is 11.5 Å². The van der Waals surface area contributed by atoms with E-state index < -0.39 is 0 Å². The predicted octanol–water partition coefficient (Wildman–Crippen LogP) is 2.49. The Labute approximate surface area is 114 Å². The molecule has 0 saturated heterocycles. The molecule has 1 aromatic rings. The van der Waals surface area contributed by atoms with Gasteiger partial charge in [-0.2, -0.15) is 0 Å². The summed E-state index contributed by atoms with van der Waals surface area (Å²) in [5.41, 5.74) is 1.12. The molecule has 0 amide bonds. The molecule has 1 heterocycles. The molecule has 1 aliphatic rings. The molecule has 0 radical (unpaired) electrons. The van der Waals surface area contributed by atoms with Gasteiger partial charge in [0.15, 0.2) is 0 Å². The van der Waals surface area contributed by atoms with Crippen LogP contribution in [0.5, 0.6) is 11.5 Å². The number of hydrogen-bond donors (Lipinski definition) is 1. The molecule has 2 rings (SSSR count). The molecule has 4 heteroatoms. The Morgan fingerprint density at radius 2 is 2.21 bits per heavy atom. The van der Waals surface area contributed by atoms with Crippen molar-refractivity contribution in [2.24, 2.45) is 0 Å². The van der Waals surface area contributed by atoms with E-state index in [1.807, 2.05) is 18.2 Å². The van der Waals surface area contributed by atoms with Crippen molar-refractivity contribution in [1.29, 1.82) is 0 Å². The third-order valence-corrected chi connectivity index (χ3v) is 3.20. The maximum atomic E-state index is 5.51. The minimum atomic E-state index is 0.272. The van der Waals surface area contributed by atoms with Crippen LogP contribution < -0.4 is 14.8 Å². The van der Waals surface area contributed by atoms with Crippen molar-refractivity contribution in [2.45, 2.75) is 25.5 Å². The lowest BCUT2D eigenvalue weighted by atomic mass is 10.1. The van der Waals surface area contributed by atoms with Crippen LogP contribution in [0, 0.1) is 0 Å². The molecule has 104 valence electrons. The first kappa shape index (κ1) is 13.7. The van der Waals surface area contributed by atoms with Gasteiger partial charge in [0, 0.05) is 24.7 Å². The van der Waals surface area contributed by atoms with E-state index in [-0.39, 0.29) is 6.10 Å². The molecule has 0 bridgehead atoms. The number of allylic oxidation sites excluding steroid dienone is 1. The van der Waals surface area contributed by atoms with Crippen molar-refractivity contribution in [2.75, 3.05) is 20.8 Å². The molecule has 1 aliphatic heterocycles. The van der Waals surface area contributed by atoms with Gasteiger partial charge in [-0.05, 0) is 25.0 Å². The van der Waals surface area contributed by atoms with Crippen LogP contribution in [0.15, 0.2) is 30.5 Å². The van der Waals surface area contributed by atoms with Gasteiger partial charge in [-0.25, -0.2) is 0 Å². The second-order valence-corrected chi connectivity index (χ2v) is 4.52. The molecule has 19 heavy (non-hydrogen) atoms. The molecule has 1 N–H and O–H groups in total. The van der Waals surface area contributed by atoms with E-state index in [4.69, 9.17) is 14.2 Å². The summed E-state index contributed by atoms with van der Waals surface area (Å²) >= 11 is 0. The van der Waals surface area contributed by atoms with Gasteiger partial charge in [0.2, 0.25) is 0 Å². The molecular weight excluding hydrogens is 242 g/mol. The third kappa shape index (κ3) is 3.89. The standard InChI is InChI=1S/C15H21NO3/c1-17-13-7-6-12(15(9-13)18-2)10-16-11-14-5-3-4-8-19-14/h4,6-9,14,16H,3,5,10-11H2,1-2H3. The fourth-order valence-electron chi connectivity index (χ4n) is 2.10. The zero-order chi connectivity index (χ0) is 13.5. The Balaban J connectivity index is 1.86. The monoisotopic (exact) mass is 263 g/mol. The Kier molecular flexibility index (Phi) is 5.10. The second kappa shape index (κ2) is 7.04. The van der Waals surface area contributed by atoms with Crippen LogP contribution in [-0.4, -0.2) is 26.9 Å². The van der Waals surface area contributed by atoms with E-state index in [1.165, 1.54) is 0 Å². The lowest BCUT2D eigenvalue weighted by Crippen LogP contribution is -2.28. The maximum Gasteiger partial charge on any atom is 0.127 e. The Hall–Kier alpha value is -1.68. The Bertz CT molecular complexity index is 431. The summed E-state index contributed by atoms with van der Waals surface area (Å²) in [4.78, 5) is 0. The van der Waals surface area contributed by atoms with Gasteiger partial charge >= 0.3 is 0 Å². The SMILES string of the molecule is COc1ccc(CNCC2CCC=CO2)c(OC)c1. The van der Waals surface area contributed by atoms with Gasteiger partial charge < -0.3 is 19.5 Å². The quantitative estimate of drug-likeness (QED) is 0.856. The van der Waals surface area contributed by atoms with Crippen LogP contribution in [0.4, 0.5) is 0 Å². The average Bonchev–Trinajstić information content (AvgIpc) is 2.48. The van der Waals surface area contributed by atoms with Gasteiger partial charge in [0.25, 0.3) is 0 Å². The van der Waals surface area contributed by atoms with Crippen molar-refractivity contribution in [1.82, 2.24) is 5.32 Å². The zero-order valence-electron chi connectivity index (χ0n) is 11.5. The minimum absolute atomic E-state index is 0.272. The highest BCUT2D eigenvalue weighted by Gasteiger charge is 2.11. The summed E-state index contributed by atoms with van der Waals surface area (Å²) in [5, 5.41) is 3.40. The van der Waals surface area contributed by atoms with Crippen LogP contribution in [0.2, 0.25) is 0 Å². The normalized spacial score (nSPS) is 17.9. The van der Waals surface area contributed by atoms with Crippen molar-refractivity contribution >= 4 is 0 Å². The lowest BCUT2D eigenvalue weighted by molar-refractivity contribution is 0.122. The lowest BCUT2D eigenvalue weighted by Gasteiger charge is -2.20. The maximum absolute atomic E-state index is 5.51. The number of benzene rings is 1. The number of hydrogen-bond acceptors (Lipinski definition) is 4. The van der Waals surface area contributed by atoms with Crippen LogP contribution in [-0.2, 0) is 11.3 Å². The summed E-state index contributed by atoms with van der Waals surface area (Å²) in [5.74, 6) is 1.65. The van der Waals surface area contributed by atoms with E-state index in [1.54, 1.807) is 20.5 Å². The average molecular weight is 263 g/mol. The third-order valence-electron chi connectivity index (χ3n) is 3.20. The molecular formula is C15H21NO3. The molecule has 0 aromatic heterocycles. The molecule has 4 nitrogen and oxygen atoms in total. The van der Waals surface area contributed by atoms with Gasteiger partial charge in [0.05, 0.1) is 20.5 Å². The van der Waals surface area contributed by atoms with E-state index >= 15 is 0 Å². The van der Waals surface area contributed by atoms with E-state index in [9.17, 15) is 0 Å². The molecule has 0 fully saturated rings. The summed E-state index contributed by atoms with van der Waals surface area (Å²) in [7, 11) is 3.33. The zero-order valence-corrected chi connectivity index (χ0v) is 11.5. The van der Waals surface area contributed by atoms with Crippen LogP contribution in [0.1, 0.15) is 18.4 Å². The predicted molar refractivity (Wildman–Crippen MR) is 74.5 cm³/mol. The highest BCUT2D eigenvalue weighted by atomic mass is 16.5. The van der Waals surface area contributed by atoms with Crippen LogP contribution in [0.3, 0.4) is 0 Å². The summed E-state index contributed by atoms with van der Waals surface area (Å²) in [6.07, 6.45) is 6.29. The highest BCUT2D eigenvalue weighted by Crippen LogP contribution is 2.24. The molecule has 1 aromatic carbocycles. The first-order valence-electron chi connectivity index (χ1n) is 6.55. The summed E-state index contributed by atoms with van der Waals surface area (Å²) in [6.45, 7) is 1.61. The smallest absolute Gasteiger partial charge is 0.127 e. The number of ether oxygens (including phenoxy) is 3.